The zero-order valence-electron chi connectivity index (χ0n) is 15.8. The summed E-state index contributed by atoms with van der Waals surface area (Å²) in [5.74, 6) is 1.71. The van der Waals surface area contributed by atoms with E-state index in [0.717, 1.165) is 30.6 Å². The van der Waals surface area contributed by atoms with E-state index in [1.54, 1.807) is 12.0 Å². The molecule has 1 aromatic carbocycles. The average molecular weight is 358 g/mol. The van der Waals surface area contributed by atoms with Gasteiger partial charge in [-0.3, -0.25) is 0 Å². The number of methoxy groups -OCH3 is 1. The maximum atomic E-state index is 12.7. The van der Waals surface area contributed by atoms with E-state index in [4.69, 9.17) is 9.26 Å². The second kappa shape index (κ2) is 7.35. The largest absolute Gasteiger partial charge is 0.497 e. The van der Waals surface area contributed by atoms with Gasteiger partial charge in [-0.1, -0.05) is 17.3 Å². The van der Waals surface area contributed by atoms with Crippen molar-refractivity contribution in [2.75, 3.05) is 13.7 Å². The Balaban J connectivity index is 1.82. The van der Waals surface area contributed by atoms with Crippen LogP contribution in [0, 0.1) is 0 Å². The van der Waals surface area contributed by atoms with Crippen molar-refractivity contribution in [1.29, 1.82) is 0 Å². The first kappa shape index (κ1) is 18.2. The van der Waals surface area contributed by atoms with Crippen LogP contribution in [0.25, 0.3) is 11.4 Å². The van der Waals surface area contributed by atoms with Crippen LogP contribution in [0.2, 0.25) is 0 Å². The zero-order chi connectivity index (χ0) is 18.7. The van der Waals surface area contributed by atoms with Gasteiger partial charge in [-0.25, -0.2) is 4.79 Å². The molecule has 2 heterocycles. The maximum absolute atomic E-state index is 12.7. The predicted octanol–water partition coefficient (Wildman–Crippen LogP) is 3.78. The number of nitrogens with zero attached hydrogens (tertiary/aromatic N) is 3. The average Bonchev–Trinajstić information content (AvgIpc) is 3.10. The first-order chi connectivity index (χ1) is 12.4. The van der Waals surface area contributed by atoms with Crippen molar-refractivity contribution in [3.05, 3.63) is 30.2 Å². The lowest BCUT2D eigenvalue weighted by Crippen LogP contribution is -2.50. The number of urea groups is 1. The molecule has 2 amide bonds. The number of carbonyl (C=O) groups excluding carboxylic acids is 1. The van der Waals surface area contributed by atoms with Gasteiger partial charge in [-0.2, -0.15) is 4.98 Å². The summed E-state index contributed by atoms with van der Waals surface area (Å²) in [7, 11) is 1.62. The van der Waals surface area contributed by atoms with E-state index in [-0.39, 0.29) is 17.6 Å². The highest BCUT2D eigenvalue weighted by molar-refractivity contribution is 5.75. The molecule has 0 aliphatic carbocycles. The fourth-order valence-corrected chi connectivity index (χ4v) is 3.07. The molecule has 1 N–H and O–H groups in total. The lowest BCUT2D eigenvalue weighted by Gasteiger charge is -2.35. The third-order valence-electron chi connectivity index (χ3n) is 4.30. The van der Waals surface area contributed by atoms with Crippen LogP contribution in [0.4, 0.5) is 4.79 Å². The third-order valence-corrected chi connectivity index (χ3v) is 4.30. The third kappa shape index (κ3) is 4.15. The van der Waals surface area contributed by atoms with Crippen LogP contribution in [-0.2, 0) is 0 Å². The van der Waals surface area contributed by atoms with Crippen molar-refractivity contribution in [3.63, 3.8) is 0 Å². The molecule has 0 radical (unpaired) electrons. The van der Waals surface area contributed by atoms with Gasteiger partial charge in [0.1, 0.15) is 11.8 Å². The molecule has 1 aliphatic rings. The van der Waals surface area contributed by atoms with Gasteiger partial charge in [-0.15, -0.1) is 0 Å². The summed E-state index contributed by atoms with van der Waals surface area (Å²) in [6.45, 7) is 6.59. The van der Waals surface area contributed by atoms with Gasteiger partial charge >= 0.3 is 6.03 Å². The molecular formula is C19H26N4O3. The number of ether oxygens (including phenoxy) is 1. The number of benzene rings is 1. The van der Waals surface area contributed by atoms with E-state index in [9.17, 15) is 4.79 Å². The number of rotatable bonds is 3. The molecule has 0 saturated carbocycles. The molecule has 7 heteroatoms. The number of hydrogen-bond acceptors (Lipinski definition) is 5. The van der Waals surface area contributed by atoms with Crippen LogP contribution in [0.5, 0.6) is 5.75 Å². The predicted molar refractivity (Wildman–Crippen MR) is 97.9 cm³/mol. The van der Waals surface area contributed by atoms with Crippen molar-refractivity contribution in [2.45, 2.75) is 51.6 Å². The monoisotopic (exact) mass is 358 g/mol. The van der Waals surface area contributed by atoms with Gasteiger partial charge in [0.15, 0.2) is 0 Å². The van der Waals surface area contributed by atoms with Gasteiger partial charge in [-0.05, 0) is 52.2 Å². The number of hydrogen-bond donors (Lipinski definition) is 1. The van der Waals surface area contributed by atoms with Crippen LogP contribution >= 0.6 is 0 Å². The Hall–Kier alpha value is -2.57. The molecule has 0 spiro atoms. The Kier molecular flexibility index (Phi) is 5.15. The second-order valence-electron chi connectivity index (χ2n) is 7.57. The molecule has 3 rings (SSSR count). The number of aromatic nitrogens is 2. The van der Waals surface area contributed by atoms with Crippen molar-refractivity contribution >= 4 is 6.03 Å². The van der Waals surface area contributed by atoms with E-state index in [1.807, 2.05) is 45.0 Å². The van der Waals surface area contributed by atoms with E-state index in [1.165, 1.54) is 0 Å². The number of nitrogens with one attached hydrogen (secondary N) is 1. The lowest BCUT2D eigenvalue weighted by atomic mass is 10.0. The molecule has 1 aromatic heterocycles. The van der Waals surface area contributed by atoms with E-state index < -0.39 is 0 Å². The summed E-state index contributed by atoms with van der Waals surface area (Å²) in [6.07, 6.45) is 2.82. The van der Waals surface area contributed by atoms with Gasteiger partial charge in [0.2, 0.25) is 11.7 Å². The van der Waals surface area contributed by atoms with Crippen LogP contribution in [0.15, 0.2) is 28.8 Å². The summed E-state index contributed by atoms with van der Waals surface area (Å²) in [6, 6.07) is 7.22. The van der Waals surface area contributed by atoms with Gasteiger partial charge in [0, 0.05) is 17.6 Å². The first-order valence-corrected chi connectivity index (χ1v) is 8.94. The van der Waals surface area contributed by atoms with Crippen molar-refractivity contribution in [1.82, 2.24) is 20.4 Å². The molecule has 26 heavy (non-hydrogen) atoms. The van der Waals surface area contributed by atoms with Crippen molar-refractivity contribution in [2.24, 2.45) is 0 Å². The summed E-state index contributed by atoms with van der Waals surface area (Å²) < 4.78 is 10.8. The number of piperidine rings is 1. The Bertz CT molecular complexity index is 766. The van der Waals surface area contributed by atoms with Crippen molar-refractivity contribution in [3.8, 4) is 17.1 Å². The maximum Gasteiger partial charge on any atom is 0.318 e. The molecule has 1 saturated heterocycles. The molecule has 2 aromatic rings. The molecule has 1 fully saturated rings. The number of amides is 2. The van der Waals surface area contributed by atoms with Crippen LogP contribution in [0.1, 0.15) is 52.0 Å². The van der Waals surface area contributed by atoms with Gasteiger partial charge in [0.05, 0.1) is 7.11 Å². The van der Waals surface area contributed by atoms with Crippen LogP contribution in [0.3, 0.4) is 0 Å². The minimum Gasteiger partial charge on any atom is -0.497 e. The summed E-state index contributed by atoms with van der Waals surface area (Å²) in [5.41, 5.74) is 0.528. The van der Waals surface area contributed by atoms with E-state index in [0.29, 0.717) is 18.3 Å². The van der Waals surface area contributed by atoms with Gasteiger partial charge in [0.25, 0.3) is 0 Å². The summed E-state index contributed by atoms with van der Waals surface area (Å²) in [5, 5.41) is 7.13. The molecular weight excluding hydrogens is 332 g/mol. The summed E-state index contributed by atoms with van der Waals surface area (Å²) >= 11 is 0. The Labute approximate surface area is 153 Å². The normalized spacial score (nSPS) is 17.8. The summed E-state index contributed by atoms with van der Waals surface area (Å²) in [4.78, 5) is 19.0. The standard InChI is InChI=1S/C19H26N4O3/c1-19(2,3)21-18(24)23-11-6-5-10-15(23)17-20-16(22-26-17)13-8-7-9-14(12-13)25-4/h7-9,12,15H,5-6,10-11H2,1-4H3,(H,21,24)/t15-/m0/s1. The minimum atomic E-state index is -0.292. The van der Waals surface area contributed by atoms with Crippen LogP contribution in [-0.4, -0.2) is 40.3 Å². The molecule has 7 nitrogen and oxygen atoms in total. The van der Waals surface area contributed by atoms with E-state index in [2.05, 4.69) is 15.5 Å². The van der Waals surface area contributed by atoms with Crippen LogP contribution < -0.4 is 10.1 Å². The number of likely N-dealkylation sites (tertiary alicyclic amines) is 1. The fraction of sp³-hybridized carbons (Fsp3) is 0.526. The Morgan fingerprint density at radius 2 is 2.15 bits per heavy atom. The smallest absolute Gasteiger partial charge is 0.318 e. The number of carbonyl (C=O) groups is 1. The molecule has 1 aliphatic heterocycles. The first-order valence-electron chi connectivity index (χ1n) is 8.94. The molecule has 0 unspecified atom stereocenters. The topological polar surface area (TPSA) is 80.5 Å². The second-order valence-corrected chi connectivity index (χ2v) is 7.57. The highest BCUT2D eigenvalue weighted by atomic mass is 16.5. The van der Waals surface area contributed by atoms with Crippen molar-refractivity contribution < 1.29 is 14.1 Å². The minimum absolute atomic E-state index is 0.0941. The van der Waals surface area contributed by atoms with Gasteiger partial charge < -0.3 is 19.5 Å². The quantitative estimate of drug-likeness (QED) is 0.903. The highest BCUT2D eigenvalue weighted by Crippen LogP contribution is 2.31. The molecule has 140 valence electrons. The fourth-order valence-electron chi connectivity index (χ4n) is 3.07. The molecule has 1 atom stereocenters. The highest BCUT2D eigenvalue weighted by Gasteiger charge is 2.33. The molecule has 0 bridgehead atoms. The Morgan fingerprint density at radius 3 is 2.88 bits per heavy atom. The Morgan fingerprint density at radius 1 is 1.35 bits per heavy atom. The zero-order valence-corrected chi connectivity index (χ0v) is 15.8. The van der Waals surface area contributed by atoms with E-state index >= 15 is 0 Å². The lowest BCUT2D eigenvalue weighted by molar-refractivity contribution is 0.126. The SMILES string of the molecule is COc1cccc(-c2noc([C@@H]3CCCCN3C(=O)NC(C)(C)C)n2)c1.